The van der Waals surface area contributed by atoms with Gasteiger partial charge in [0.1, 0.15) is 5.82 Å². The molecule has 1 fully saturated rings. The molecule has 1 unspecified atom stereocenters. The van der Waals surface area contributed by atoms with Crippen molar-refractivity contribution in [3.8, 4) is 0 Å². The van der Waals surface area contributed by atoms with Crippen molar-refractivity contribution < 1.29 is 4.39 Å². The Kier molecular flexibility index (Phi) is 6.72. The van der Waals surface area contributed by atoms with E-state index in [0.717, 1.165) is 48.3 Å². The maximum absolute atomic E-state index is 14.3. The topological polar surface area (TPSA) is 55.8 Å². The Bertz CT molecular complexity index is 819. The summed E-state index contributed by atoms with van der Waals surface area (Å²) < 4.78 is 14.3. The van der Waals surface area contributed by atoms with E-state index >= 15 is 0 Å². The zero-order valence-electron chi connectivity index (χ0n) is 17.0. The summed E-state index contributed by atoms with van der Waals surface area (Å²) in [4.78, 5) is 13.0. The van der Waals surface area contributed by atoms with Gasteiger partial charge in [-0.15, -0.1) is 11.3 Å². The van der Waals surface area contributed by atoms with Gasteiger partial charge in [-0.2, -0.15) is 0 Å². The highest BCUT2D eigenvalue weighted by Crippen LogP contribution is 2.24. The summed E-state index contributed by atoms with van der Waals surface area (Å²) in [5, 5.41) is 9.85. The van der Waals surface area contributed by atoms with Gasteiger partial charge >= 0.3 is 0 Å². The monoisotopic (exact) mass is 404 g/mol. The first kappa shape index (κ1) is 20.4. The Morgan fingerprint density at radius 2 is 2.25 bits per heavy atom. The van der Waals surface area contributed by atoms with Crippen molar-refractivity contribution in [2.24, 2.45) is 4.99 Å². The molecule has 2 N–H and O–H groups in total. The molecule has 3 rings (SSSR count). The highest BCUT2D eigenvalue weighted by atomic mass is 32.1. The van der Waals surface area contributed by atoms with Crippen LogP contribution in [0.15, 0.2) is 28.6 Å². The molecule has 1 aromatic heterocycles. The molecule has 0 amide bonds. The first-order valence-electron chi connectivity index (χ1n) is 9.56. The number of guanidine groups is 1. The van der Waals surface area contributed by atoms with E-state index in [-0.39, 0.29) is 11.9 Å². The van der Waals surface area contributed by atoms with Crippen LogP contribution in [0.25, 0.3) is 0 Å². The molecule has 2 heterocycles. The standard InChI is InChI=1S/C20H29FN6S/c1-14-7-8-17(21)18(10-14)27-9-5-6-15(12-27)24-19(22-2)23-11-16-13-28-20(25-16)26(3)4/h7-8,10,13,15H,5-6,9,11-12H2,1-4H3,(H2,22,23,24). The van der Waals surface area contributed by atoms with Gasteiger partial charge in [-0.05, 0) is 37.5 Å². The van der Waals surface area contributed by atoms with E-state index in [1.807, 2.05) is 38.1 Å². The molecule has 0 bridgehead atoms. The maximum Gasteiger partial charge on any atom is 0.191 e. The third-order valence-corrected chi connectivity index (χ3v) is 5.84. The number of aliphatic imine (C=N–C) groups is 1. The molecule has 1 atom stereocenters. The molecule has 28 heavy (non-hydrogen) atoms. The molecular formula is C20H29FN6S. The quantitative estimate of drug-likeness (QED) is 0.593. The lowest BCUT2D eigenvalue weighted by molar-refractivity contribution is 0.462. The fourth-order valence-electron chi connectivity index (χ4n) is 3.32. The Morgan fingerprint density at radius 3 is 2.96 bits per heavy atom. The number of hydrogen-bond acceptors (Lipinski definition) is 5. The van der Waals surface area contributed by atoms with E-state index in [1.54, 1.807) is 24.5 Å². The Hall–Kier alpha value is -2.35. The van der Waals surface area contributed by atoms with Gasteiger partial charge in [0, 0.05) is 45.7 Å². The SMILES string of the molecule is CN=C(NCc1csc(N(C)C)n1)NC1CCCN(c2cc(C)ccc2F)C1. The Balaban J connectivity index is 1.57. The van der Waals surface area contributed by atoms with Gasteiger partial charge in [-0.25, -0.2) is 9.37 Å². The minimum atomic E-state index is -0.158. The summed E-state index contributed by atoms with van der Waals surface area (Å²) in [7, 11) is 5.74. The van der Waals surface area contributed by atoms with E-state index in [4.69, 9.17) is 0 Å². The van der Waals surface area contributed by atoms with Crippen LogP contribution in [0.5, 0.6) is 0 Å². The number of thiazole rings is 1. The third kappa shape index (κ3) is 5.13. The lowest BCUT2D eigenvalue weighted by Crippen LogP contribution is -2.51. The Morgan fingerprint density at radius 1 is 1.43 bits per heavy atom. The normalized spacial score (nSPS) is 17.5. The van der Waals surface area contributed by atoms with Gasteiger partial charge in [-0.1, -0.05) is 6.07 Å². The van der Waals surface area contributed by atoms with Crippen LogP contribution in [-0.4, -0.2) is 51.2 Å². The van der Waals surface area contributed by atoms with Gasteiger partial charge in [-0.3, -0.25) is 4.99 Å². The summed E-state index contributed by atoms with van der Waals surface area (Å²) in [6, 6.07) is 5.50. The van der Waals surface area contributed by atoms with Gasteiger partial charge in [0.05, 0.1) is 17.9 Å². The fourth-order valence-corrected chi connectivity index (χ4v) is 4.08. The number of hydrogen-bond donors (Lipinski definition) is 2. The van der Waals surface area contributed by atoms with Gasteiger partial charge < -0.3 is 20.4 Å². The van der Waals surface area contributed by atoms with Crippen LogP contribution < -0.4 is 20.4 Å². The molecule has 1 aromatic carbocycles. The second-order valence-electron chi connectivity index (χ2n) is 7.33. The summed E-state index contributed by atoms with van der Waals surface area (Å²) in [5.74, 6) is 0.588. The van der Waals surface area contributed by atoms with E-state index in [1.165, 1.54) is 0 Å². The molecule has 6 nitrogen and oxygen atoms in total. The van der Waals surface area contributed by atoms with Crippen LogP contribution in [0.4, 0.5) is 15.2 Å². The number of nitrogens with zero attached hydrogens (tertiary/aromatic N) is 4. The molecule has 0 aliphatic carbocycles. The van der Waals surface area contributed by atoms with Crippen LogP contribution in [-0.2, 0) is 6.54 Å². The second kappa shape index (κ2) is 9.23. The highest BCUT2D eigenvalue weighted by Gasteiger charge is 2.23. The first-order valence-corrected chi connectivity index (χ1v) is 10.4. The van der Waals surface area contributed by atoms with Crippen molar-refractivity contribution in [1.82, 2.24) is 15.6 Å². The smallest absolute Gasteiger partial charge is 0.191 e. The average molecular weight is 405 g/mol. The molecule has 2 aromatic rings. The van der Waals surface area contributed by atoms with Gasteiger partial charge in [0.15, 0.2) is 11.1 Å². The van der Waals surface area contributed by atoms with E-state index in [0.29, 0.717) is 12.2 Å². The predicted octanol–water partition coefficient (Wildman–Crippen LogP) is 2.99. The fraction of sp³-hybridized carbons (Fsp3) is 0.500. The van der Waals surface area contributed by atoms with Crippen molar-refractivity contribution in [3.63, 3.8) is 0 Å². The van der Waals surface area contributed by atoms with Gasteiger partial charge in [0.2, 0.25) is 0 Å². The number of rotatable bonds is 5. The average Bonchev–Trinajstić information content (AvgIpc) is 3.16. The highest BCUT2D eigenvalue weighted by molar-refractivity contribution is 7.13. The largest absolute Gasteiger partial charge is 0.367 e. The molecule has 1 aliphatic rings. The molecule has 152 valence electrons. The number of nitrogens with one attached hydrogen (secondary N) is 2. The van der Waals surface area contributed by atoms with Crippen LogP contribution in [0.1, 0.15) is 24.1 Å². The zero-order valence-corrected chi connectivity index (χ0v) is 17.8. The summed E-state index contributed by atoms with van der Waals surface area (Å²) in [6.07, 6.45) is 2.05. The molecule has 8 heteroatoms. The molecular weight excluding hydrogens is 375 g/mol. The first-order chi connectivity index (χ1) is 13.5. The van der Waals surface area contributed by atoms with Crippen LogP contribution in [0.3, 0.4) is 0 Å². The minimum absolute atomic E-state index is 0.158. The lowest BCUT2D eigenvalue weighted by Gasteiger charge is -2.35. The summed E-state index contributed by atoms with van der Waals surface area (Å²) in [5.41, 5.74) is 2.75. The second-order valence-corrected chi connectivity index (χ2v) is 8.16. The number of aromatic nitrogens is 1. The predicted molar refractivity (Wildman–Crippen MR) is 116 cm³/mol. The van der Waals surface area contributed by atoms with Crippen molar-refractivity contribution in [1.29, 1.82) is 0 Å². The number of aryl methyl sites for hydroxylation is 1. The molecule has 1 aliphatic heterocycles. The molecule has 1 saturated heterocycles. The maximum atomic E-state index is 14.3. The van der Waals surface area contributed by atoms with Crippen molar-refractivity contribution in [3.05, 3.63) is 40.7 Å². The van der Waals surface area contributed by atoms with Crippen LogP contribution in [0, 0.1) is 12.7 Å². The summed E-state index contributed by atoms with van der Waals surface area (Å²) in [6.45, 7) is 4.24. The third-order valence-electron chi connectivity index (χ3n) is 4.79. The molecule has 0 radical (unpaired) electrons. The van der Waals surface area contributed by atoms with Gasteiger partial charge in [0.25, 0.3) is 0 Å². The number of benzene rings is 1. The van der Waals surface area contributed by atoms with Crippen molar-refractivity contribution >= 4 is 28.1 Å². The minimum Gasteiger partial charge on any atom is -0.367 e. The summed E-state index contributed by atoms with van der Waals surface area (Å²) >= 11 is 1.63. The number of anilines is 2. The van der Waals surface area contributed by atoms with Crippen molar-refractivity contribution in [2.75, 3.05) is 44.0 Å². The van der Waals surface area contributed by atoms with Crippen LogP contribution in [0.2, 0.25) is 0 Å². The number of piperidine rings is 1. The molecule has 0 saturated carbocycles. The van der Waals surface area contributed by atoms with Crippen LogP contribution >= 0.6 is 11.3 Å². The van der Waals surface area contributed by atoms with Crippen molar-refractivity contribution in [2.45, 2.75) is 32.4 Å². The van der Waals surface area contributed by atoms with E-state index in [2.05, 4.69) is 30.9 Å². The van der Waals surface area contributed by atoms with E-state index in [9.17, 15) is 4.39 Å². The Labute approximate surface area is 170 Å². The molecule has 0 spiro atoms. The lowest BCUT2D eigenvalue weighted by atomic mass is 10.0. The zero-order chi connectivity index (χ0) is 20.1. The van der Waals surface area contributed by atoms with E-state index < -0.39 is 0 Å². The number of halogens is 1.